The molecule has 3 aromatic carbocycles. The van der Waals surface area contributed by atoms with E-state index in [2.05, 4.69) is 58.0 Å². The maximum absolute atomic E-state index is 10.5. The molecule has 288 valence electrons. The van der Waals surface area contributed by atoms with Crippen LogP contribution in [0.25, 0.3) is 0 Å². The summed E-state index contributed by atoms with van der Waals surface area (Å²) in [6.07, 6.45) is 10.2. The zero-order valence-electron chi connectivity index (χ0n) is 33.3. The van der Waals surface area contributed by atoms with Crippen LogP contribution < -0.4 is 0 Å². The van der Waals surface area contributed by atoms with Crippen LogP contribution in [-0.4, -0.2) is 38.3 Å². The molecule has 0 saturated heterocycles. The lowest BCUT2D eigenvalue weighted by molar-refractivity contribution is -0.142. The van der Waals surface area contributed by atoms with E-state index in [4.69, 9.17) is 20.4 Å². The van der Waals surface area contributed by atoms with E-state index in [1.165, 1.54) is 43.2 Å². The standard InChI is InChI=1S/C10H12O2.C9H12O.C9H12.C7H14O2.C5H12.C4H8O2/c1-8(10(11)12)7-9-5-3-2-4-6-9;1-2-3-8-4-6-9(10)7-5-8;1-2-6-9-7-4-3-5-8-9;1-5(2)4-6(3)7(8)9;1-3-5-4-2;1-3(2)4(5)6/h2-6,8H,7H2,1H3,(H,11,12);4-7,10H,2-3H2,1H3;3-5,7-8H,2,6H2,1H3;5-6H,4H2,1-3H3,(H,8,9);3-5H2,1-2H3;3H,1-2H3,(H,5,6). The normalized spacial score (nSPS) is 10.8. The number of carbonyl (C=O) groups is 3. The van der Waals surface area contributed by atoms with Gasteiger partial charge in [0.05, 0.1) is 17.8 Å². The predicted molar refractivity (Wildman–Crippen MR) is 213 cm³/mol. The molecule has 3 rings (SSSR count). The number of aromatic hydroxyl groups is 1. The Morgan fingerprint density at radius 3 is 1.16 bits per heavy atom. The van der Waals surface area contributed by atoms with E-state index in [0.29, 0.717) is 18.1 Å². The van der Waals surface area contributed by atoms with Gasteiger partial charge in [-0.2, -0.15) is 0 Å². The van der Waals surface area contributed by atoms with Gasteiger partial charge in [-0.3, -0.25) is 14.4 Å². The number of carboxylic acids is 3. The van der Waals surface area contributed by atoms with Crippen LogP contribution in [0.4, 0.5) is 0 Å². The Balaban J connectivity index is -0.000000554. The van der Waals surface area contributed by atoms with Crippen LogP contribution in [0.2, 0.25) is 0 Å². The number of aliphatic carboxylic acids is 3. The summed E-state index contributed by atoms with van der Waals surface area (Å²) >= 11 is 0. The van der Waals surface area contributed by atoms with Gasteiger partial charge in [0.2, 0.25) is 0 Å². The summed E-state index contributed by atoms with van der Waals surface area (Å²) < 4.78 is 0. The Bertz CT molecular complexity index is 1220. The molecule has 0 saturated carbocycles. The summed E-state index contributed by atoms with van der Waals surface area (Å²) in [4.78, 5) is 30.4. The topological polar surface area (TPSA) is 132 Å². The molecule has 7 heteroatoms. The summed E-state index contributed by atoms with van der Waals surface area (Å²) in [6, 6.07) is 27.6. The Labute approximate surface area is 310 Å². The molecule has 2 atom stereocenters. The molecule has 0 heterocycles. The van der Waals surface area contributed by atoms with Crippen LogP contribution in [0.3, 0.4) is 0 Å². The number of aryl methyl sites for hydroxylation is 2. The van der Waals surface area contributed by atoms with Crippen molar-refractivity contribution < 1.29 is 34.8 Å². The zero-order valence-corrected chi connectivity index (χ0v) is 33.3. The smallest absolute Gasteiger partial charge is 0.306 e. The SMILES string of the molecule is CC(C)C(=O)O.CC(C)CC(C)C(=O)O.CC(Cc1ccccc1)C(=O)O.CCCCC.CCCc1ccc(O)cc1.CCCc1ccccc1. The highest BCUT2D eigenvalue weighted by Gasteiger charge is 2.11. The number of benzene rings is 3. The number of carboxylic acid groups (broad SMARTS) is 3. The first-order chi connectivity index (χ1) is 24.0. The van der Waals surface area contributed by atoms with Crippen molar-refractivity contribution in [2.75, 3.05) is 0 Å². The van der Waals surface area contributed by atoms with Gasteiger partial charge in [-0.1, -0.05) is 174 Å². The number of phenols is 1. The molecular weight excluding hydrogens is 640 g/mol. The largest absolute Gasteiger partial charge is 0.508 e. The molecule has 0 aliphatic rings. The highest BCUT2D eigenvalue weighted by atomic mass is 16.4. The average molecular weight is 711 g/mol. The fourth-order valence-corrected chi connectivity index (χ4v) is 4.10. The van der Waals surface area contributed by atoms with E-state index < -0.39 is 17.9 Å². The third-order valence-corrected chi connectivity index (χ3v) is 7.11. The van der Waals surface area contributed by atoms with Gasteiger partial charge in [0, 0.05) is 0 Å². The molecule has 51 heavy (non-hydrogen) atoms. The lowest BCUT2D eigenvalue weighted by Crippen LogP contribution is -2.11. The summed E-state index contributed by atoms with van der Waals surface area (Å²) in [7, 11) is 0. The van der Waals surface area contributed by atoms with Crippen molar-refractivity contribution in [1.82, 2.24) is 0 Å². The molecule has 0 aromatic heterocycles. The van der Waals surface area contributed by atoms with Crippen LogP contribution in [0.15, 0.2) is 84.9 Å². The summed E-state index contributed by atoms with van der Waals surface area (Å²) in [5.74, 6) is -2.06. The van der Waals surface area contributed by atoms with Crippen molar-refractivity contribution in [2.45, 2.75) is 127 Å². The quantitative estimate of drug-likeness (QED) is 0.139. The molecule has 0 fully saturated rings. The summed E-state index contributed by atoms with van der Waals surface area (Å²) in [5.41, 5.74) is 3.81. The molecule has 0 amide bonds. The van der Waals surface area contributed by atoms with E-state index in [9.17, 15) is 14.4 Å². The summed E-state index contributed by atoms with van der Waals surface area (Å²) in [6.45, 7) is 19.6. The molecule has 0 aliphatic carbocycles. The number of unbranched alkanes of at least 4 members (excludes halogenated alkanes) is 2. The number of hydrogen-bond donors (Lipinski definition) is 4. The third-order valence-electron chi connectivity index (χ3n) is 7.11. The fourth-order valence-electron chi connectivity index (χ4n) is 4.10. The van der Waals surface area contributed by atoms with Gasteiger partial charge in [-0.05, 0) is 60.4 Å². The van der Waals surface area contributed by atoms with Crippen LogP contribution in [0, 0.1) is 23.7 Å². The molecule has 2 unspecified atom stereocenters. The van der Waals surface area contributed by atoms with E-state index >= 15 is 0 Å². The van der Waals surface area contributed by atoms with E-state index in [0.717, 1.165) is 24.8 Å². The Morgan fingerprint density at radius 2 is 0.882 bits per heavy atom. The molecule has 0 spiro atoms. The Morgan fingerprint density at radius 1 is 0.510 bits per heavy atom. The molecule has 0 aliphatic heterocycles. The first-order valence-corrected chi connectivity index (χ1v) is 18.6. The van der Waals surface area contributed by atoms with Crippen molar-refractivity contribution >= 4 is 17.9 Å². The van der Waals surface area contributed by atoms with Gasteiger partial charge in [0.1, 0.15) is 5.75 Å². The minimum atomic E-state index is -0.741. The average Bonchev–Trinajstić information content (AvgIpc) is 3.08. The third kappa shape index (κ3) is 35.5. The van der Waals surface area contributed by atoms with Gasteiger partial charge in [-0.25, -0.2) is 0 Å². The molecule has 4 N–H and O–H groups in total. The van der Waals surface area contributed by atoms with Crippen molar-refractivity contribution in [3.05, 3.63) is 102 Å². The minimum Gasteiger partial charge on any atom is -0.508 e. The van der Waals surface area contributed by atoms with Crippen LogP contribution in [0.5, 0.6) is 5.75 Å². The van der Waals surface area contributed by atoms with Crippen LogP contribution in [0.1, 0.15) is 124 Å². The monoisotopic (exact) mass is 711 g/mol. The second kappa shape index (κ2) is 34.3. The minimum absolute atomic E-state index is 0.190. The van der Waals surface area contributed by atoms with Crippen molar-refractivity contribution in [1.29, 1.82) is 0 Å². The van der Waals surface area contributed by atoms with Gasteiger partial charge in [0.25, 0.3) is 0 Å². The van der Waals surface area contributed by atoms with Crippen LogP contribution in [-0.2, 0) is 33.6 Å². The van der Waals surface area contributed by atoms with Crippen molar-refractivity contribution in [3.63, 3.8) is 0 Å². The van der Waals surface area contributed by atoms with Gasteiger partial charge >= 0.3 is 17.9 Å². The maximum atomic E-state index is 10.5. The van der Waals surface area contributed by atoms with Crippen LogP contribution >= 0.6 is 0 Å². The second-order valence-corrected chi connectivity index (χ2v) is 13.3. The Kier molecular flexibility index (Phi) is 34.5. The second-order valence-electron chi connectivity index (χ2n) is 13.3. The van der Waals surface area contributed by atoms with E-state index in [-0.39, 0.29) is 17.8 Å². The molecule has 3 aromatic rings. The lowest BCUT2D eigenvalue weighted by atomic mass is 9.99. The lowest BCUT2D eigenvalue weighted by Gasteiger charge is -2.07. The highest BCUT2D eigenvalue weighted by molar-refractivity contribution is 5.70. The van der Waals surface area contributed by atoms with Gasteiger partial charge < -0.3 is 20.4 Å². The van der Waals surface area contributed by atoms with E-state index in [1.54, 1.807) is 39.8 Å². The number of hydrogen-bond acceptors (Lipinski definition) is 4. The molecule has 0 radical (unpaired) electrons. The van der Waals surface area contributed by atoms with Gasteiger partial charge in [0.15, 0.2) is 0 Å². The predicted octanol–water partition coefficient (Wildman–Crippen LogP) is 11.6. The number of rotatable bonds is 13. The van der Waals surface area contributed by atoms with Crippen molar-refractivity contribution in [2.24, 2.45) is 23.7 Å². The molecule has 7 nitrogen and oxygen atoms in total. The molecular formula is C44H70O7. The van der Waals surface area contributed by atoms with Gasteiger partial charge in [-0.15, -0.1) is 0 Å². The first kappa shape index (κ1) is 51.2. The fraction of sp³-hybridized carbons (Fsp3) is 0.523. The zero-order chi connectivity index (χ0) is 39.6. The highest BCUT2D eigenvalue weighted by Crippen LogP contribution is 2.11. The first-order valence-electron chi connectivity index (χ1n) is 18.6. The number of phenolic OH excluding ortho intramolecular Hbond substituents is 1. The molecule has 0 bridgehead atoms. The van der Waals surface area contributed by atoms with E-state index in [1.807, 2.05) is 56.3 Å². The maximum Gasteiger partial charge on any atom is 0.306 e. The van der Waals surface area contributed by atoms with Crippen molar-refractivity contribution in [3.8, 4) is 5.75 Å². The summed E-state index contributed by atoms with van der Waals surface area (Å²) in [5, 5.41) is 34.0. The Hall–Kier alpha value is -4.13.